The van der Waals surface area contributed by atoms with Gasteiger partial charge >= 0.3 is 0 Å². The van der Waals surface area contributed by atoms with Crippen molar-refractivity contribution in [3.05, 3.63) is 24.3 Å². The smallest absolute Gasteiger partial charge is 0.234 e. The zero-order valence-electron chi connectivity index (χ0n) is 11.0. The first-order valence-corrected chi connectivity index (χ1v) is 6.25. The highest BCUT2D eigenvalue weighted by Crippen LogP contribution is 2.42. The van der Waals surface area contributed by atoms with Crippen LogP contribution in [0.25, 0.3) is 0 Å². The number of amides is 1. The average Bonchev–Trinajstić information content (AvgIpc) is 2.37. The van der Waals surface area contributed by atoms with E-state index in [0.29, 0.717) is 6.54 Å². The molecule has 1 aliphatic carbocycles. The number of rotatable bonds is 4. The third kappa shape index (κ3) is 2.08. The van der Waals surface area contributed by atoms with Gasteiger partial charge in [0.15, 0.2) is 0 Å². The lowest BCUT2D eigenvalue weighted by molar-refractivity contribution is -0.131. The van der Waals surface area contributed by atoms with Crippen LogP contribution in [0.4, 0.5) is 5.69 Å². The van der Waals surface area contributed by atoms with Gasteiger partial charge in [-0.2, -0.15) is 0 Å². The number of carbonyl (C=O) groups is 1. The van der Waals surface area contributed by atoms with Crippen molar-refractivity contribution in [1.29, 1.82) is 0 Å². The molecule has 1 fully saturated rings. The summed E-state index contributed by atoms with van der Waals surface area (Å²) in [6, 6.07) is 7.49. The SMILES string of the molecule is COc1ccc(N(C)C(=O)C2(CN)CCC2)cc1. The molecule has 4 nitrogen and oxygen atoms in total. The fourth-order valence-electron chi connectivity index (χ4n) is 2.39. The minimum absolute atomic E-state index is 0.126. The topological polar surface area (TPSA) is 55.6 Å². The van der Waals surface area contributed by atoms with Gasteiger partial charge in [-0.05, 0) is 37.1 Å². The second-order valence-electron chi connectivity index (χ2n) is 4.90. The highest BCUT2D eigenvalue weighted by molar-refractivity contribution is 5.97. The van der Waals surface area contributed by atoms with Crippen LogP contribution in [0.2, 0.25) is 0 Å². The fourth-order valence-corrected chi connectivity index (χ4v) is 2.39. The molecule has 0 spiro atoms. The maximum absolute atomic E-state index is 12.4. The molecule has 0 aromatic heterocycles. The first-order valence-electron chi connectivity index (χ1n) is 6.25. The molecule has 1 aromatic carbocycles. The van der Waals surface area contributed by atoms with Gasteiger partial charge in [0.05, 0.1) is 12.5 Å². The largest absolute Gasteiger partial charge is 0.497 e. The Hall–Kier alpha value is -1.55. The van der Waals surface area contributed by atoms with Gasteiger partial charge in [-0.15, -0.1) is 0 Å². The molecule has 0 bridgehead atoms. The molecule has 0 saturated heterocycles. The Morgan fingerprint density at radius 1 is 1.39 bits per heavy atom. The summed E-state index contributed by atoms with van der Waals surface area (Å²) in [6.45, 7) is 0.437. The summed E-state index contributed by atoms with van der Waals surface area (Å²) in [6.07, 6.45) is 2.91. The molecule has 0 aliphatic heterocycles. The lowest BCUT2D eigenvalue weighted by atomic mass is 9.68. The second-order valence-corrected chi connectivity index (χ2v) is 4.90. The number of methoxy groups -OCH3 is 1. The van der Waals surface area contributed by atoms with E-state index in [9.17, 15) is 4.79 Å². The summed E-state index contributed by atoms with van der Waals surface area (Å²) >= 11 is 0. The lowest BCUT2D eigenvalue weighted by Crippen LogP contribution is -2.51. The summed E-state index contributed by atoms with van der Waals surface area (Å²) in [5, 5.41) is 0. The molecule has 1 saturated carbocycles. The van der Waals surface area contributed by atoms with Gasteiger partial charge in [-0.25, -0.2) is 0 Å². The van der Waals surface area contributed by atoms with Gasteiger partial charge in [0.25, 0.3) is 0 Å². The number of hydrogen-bond donors (Lipinski definition) is 1. The van der Waals surface area contributed by atoms with Crippen LogP contribution in [0, 0.1) is 5.41 Å². The standard InChI is InChI=1S/C14H20N2O2/c1-16(11-4-6-12(18-2)7-5-11)13(17)14(10-15)8-3-9-14/h4-7H,3,8-10,15H2,1-2H3. The van der Waals surface area contributed by atoms with E-state index in [1.54, 1.807) is 19.1 Å². The van der Waals surface area contributed by atoms with Crippen LogP contribution < -0.4 is 15.4 Å². The number of hydrogen-bond acceptors (Lipinski definition) is 3. The lowest BCUT2D eigenvalue weighted by Gasteiger charge is -2.41. The van der Waals surface area contributed by atoms with Crippen molar-refractivity contribution in [2.24, 2.45) is 11.1 Å². The normalized spacial score (nSPS) is 16.8. The van der Waals surface area contributed by atoms with Gasteiger partial charge in [-0.3, -0.25) is 4.79 Å². The van der Waals surface area contributed by atoms with Crippen LogP contribution in [0.3, 0.4) is 0 Å². The summed E-state index contributed by atoms with van der Waals surface area (Å²) in [4.78, 5) is 14.1. The summed E-state index contributed by atoms with van der Waals surface area (Å²) in [5.74, 6) is 0.915. The van der Waals surface area contributed by atoms with Crippen LogP contribution >= 0.6 is 0 Å². The van der Waals surface area contributed by atoms with Crippen molar-refractivity contribution in [3.63, 3.8) is 0 Å². The molecule has 1 aliphatic rings. The molecular formula is C14H20N2O2. The van der Waals surface area contributed by atoms with E-state index in [1.165, 1.54) is 0 Å². The third-order valence-electron chi connectivity index (χ3n) is 3.92. The van der Waals surface area contributed by atoms with E-state index < -0.39 is 0 Å². The van der Waals surface area contributed by atoms with Crippen molar-refractivity contribution in [2.75, 3.05) is 25.6 Å². The Bertz CT molecular complexity index is 418. The number of nitrogens with two attached hydrogens (primary N) is 1. The first kappa shape index (κ1) is 12.9. The molecule has 0 heterocycles. The van der Waals surface area contributed by atoms with Gasteiger partial charge in [0, 0.05) is 19.3 Å². The Morgan fingerprint density at radius 2 is 2.00 bits per heavy atom. The number of anilines is 1. The van der Waals surface area contributed by atoms with Crippen LogP contribution in [-0.2, 0) is 4.79 Å². The van der Waals surface area contributed by atoms with Crippen molar-refractivity contribution in [2.45, 2.75) is 19.3 Å². The quantitative estimate of drug-likeness (QED) is 0.883. The maximum atomic E-state index is 12.4. The number of ether oxygens (including phenoxy) is 1. The van der Waals surface area contributed by atoms with Crippen LogP contribution in [0.5, 0.6) is 5.75 Å². The predicted molar refractivity (Wildman–Crippen MR) is 71.7 cm³/mol. The molecule has 2 rings (SSSR count). The van der Waals surface area contributed by atoms with E-state index in [1.807, 2.05) is 24.3 Å². The first-order chi connectivity index (χ1) is 8.63. The number of nitrogens with zero attached hydrogens (tertiary/aromatic N) is 1. The van der Waals surface area contributed by atoms with Crippen LogP contribution in [0.1, 0.15) is 19.3 Å². The molecule has 0 atom stereocenters. The highest BCUT2D eigenvalue weighted by Gasteiger charge is 2.44. The second kappa shape index (κ2) is 4.98. The number of carbonyl (C=O) groups excluding carboxylic acids is 1. The zero-order valence-corrected chi connectivity index (χ0v) is 11.0. The molecule has 0 unspecified atom stereocenters. The van der Waals surface area contributed by atoms with E-state index in [0.717, 1.165) is 30.7 Å². The fraction of sp³-hybridized carbons (Fsp3) is 0.500. The molecule has 2 N–H and O–H groups in total. The molecule has 4 heteroatoms. The van der Waals surface area contributed by atoms with Gasteiger partial charge in [0.1, 0.15) is 5.75 Å². The maximum Gasteiger partial charge on any atom is 0.234 e. The predicted octanol–water partition coefficient (Wildman–Crippen LogP) is 1.79. The molecular weight excluding hydrogens is 228 g/mol. The van der Waals surface area contributed by atoms with Gasteiger partial charge in [-0.1, -0.05) is 6.42 Å². The zero-order chi connectivity index (χ0) is 13.2. The molecule has 1 aromatic rings. The summed E-state index contributed by atoms with van der Waals surface area (Å²) < 4.78 is 5.11. The minimum Gasteiger partial charge on any atom is -0.497 e. The molecule has 98 valence electrons. The molecule has 1 amide bonds. The Labute approximate surface area is 108 Å². The van der Waals surface area contributed by atoms with Crippen molar-refractivity contribution >= 4 is 11.6 Å². The van der Waals surface area contributed by atoms with Crippen molar-refractivity contribution in [3.8, 4) is 5.75 Å². The number of benzene rings is 1. The Balaban J connectivity index is 2.14. The minimum atomic E-state index is -0.325. The Kier molecular flexibility index (Phi) is 3.57. The molecule has 18 heavy (non-hydrogen) atoms. The monoisotopic (exact) mass is 248 g/mol. The molecule has 0 radical (unpaired) electrons. The van der Waals surface area contributed by atoms with Crippen molar-refractivity contribution < 1.29 is 9.53 Å². The highest BCUT2D eigenvalue weighted by atomic mass is 16.5. The van der Waals surface area contributed by atoms with E-state index in [-0.39, 0.29) is 11.3 Å². The van der Waals surface area contributed by atoms with Gasteiger partial charge in [0.2, 0.25) is 5.91 Å². The van der Waals surface area contributed by atoms with Crippen LogP contribution in [-0.4, -0.2) is 26.6 Å². The van der Waals surface area contributed by atoms with E-state index >= 15 is 0 Å². The third-order valence-corrected chi connectivity index (χ3v) is 3.92. The van der Waals surface area contributed by atoms with Gasteiger partial charge < -0.3 is 15.4 Å². The van der Waals surface area contributed by atoms with Crippen LogP contribution in [0.15, 0.2) is 24.3 Å². The van der Waals surface area contributed by atoms with E-state index in [4.69, 9.17) is 10.5 Å². The summed E-state index contributed by atoms with van der Waals surface area (Å²) in [7, 11) is 3.43. The van der Waals surface area contributed by atoms with E-state index in [2.05, 4.69) is 0 Å². The average molecular weight is 248 g/mol. The summed E-state index contributed by atoms with van der Waals surface area (Å²) in [5.41, 5.74) is 6.31. The Morgan fingerprint density at radius 3 is 2.39 bits per heavy atom. The van der Waals surface area contributed by atoms with Crippen molar-refractivity contribution in [1.82, 2.24) is 0 Å².